The molecule has 0 aliphatic carbocycles. The highest BCUT2D eigenvalue weighted by molar-refractivity contribution is 6.30. The summed E-state index contributed by atoms with van der Waals surface area (Å²) in [5.41, 5.74) is 0.989. The van der Waals surface area contributed by atoms with E-state index in [-0.39, 0.29) is 30.1 Å². The third-order valence-electron chi connectivity index (χ3n) is 3.24. The first-order valence-corrected chi connectivity index (χ1v) is 7.43. The minimum absolute atomic E-state index is 0.0139. The molecule has 0 fully saturated rings. The second-order valence-electron chi connectivity index (χ2n) is 4.84. The van der Waals surface area contributed by atoms with E-state index in [2.05, 4.69) is 5.32 Å². The maximum Gasteiger partial charge on any atom is 0.258 e. The van der Waals surface area contributed by atoms with Crippen LogP contribution in [-0.2, 0) is 4.79 Å². The van der Waals surface area contributed by atoms with Gasteiger partial charge < -0.3 is 15.2 Å². The topological polar surface area (TPSA) is 58.6 Å². The van der Waals surface area contributed by atoms with E-state index >= 15 is 0 Å². The lowest BCUT2D eigenvalue weighted by Crippen LogP contribution is -2.32. The highest BCUT2D eigenvalue weighted by Gasteiger charge is 2.13. The van der Waals surface area contributed by atoms with Gasteiger partial charge in [0.2, 0.25) is 0 Å². The third-order valence-corrected chi connectivity index (χ3v) is 3.49. The molecule has 0 aliphatic rings. The van der Waals surface area contributed by atoms with Crippen molar-refractivity contribution in [1.82, 2.24) is 5.32 Å². The number of rotatable bonds is 6. The Hall–Kier alpha value is -2.20. The van der Waals surface area contributed by atoms with E-state index in [9.17, 15) is 9.90 Å². The Balaban J connectivity index is 1.92. The second-order valence-corrected chi connectivity index (χ2v) is 5.27. The van der Waals surface area contributed by atoms with Gasteiger partial charge in [0.1, 0.15) is 0 Å². The number of para-hydroxylation sites is 2. The number of amides is 1. The molecule has 0 aliphatic heterocycles. The van der Waals surface area contributed by atoms with Crippen molar-refractivity contribution in [3.63, 3.8) is 0 Å². The molecule has 0 radical (unpaired) electrons. The van der Waals surface area contributed by atoms with Gasteiger partial charge in [-0.1, -0.05) is 42.8 Å². The number of benzene rings is 2. The van der Waals surface area contributed by atoms with Gasteiger partial charge in [-0.05, 0) is 36.2 Å². The molecule has 1 atom stereocenters. The number of phenols is 1. The number of nitrogens with one attached hydrogen (secondary N) is 1. The SMILES string of the molecule is CCC(NC(=O)COc1ccccc1O)c1ccc(Cl)cc1. The number of ether oxygens (including phenoxy) is 1. The average molecular weight is 320 g/mol. The van der Waals surface area contributed by atoms with Gasteiger partial charge in [0.05, 0.1) is 6.04 Å². The van der Waals surface area contributed by atoms with Crippen LogP contribution in [0.2, 0.25) is 5.02 Å². The van der Waals surface area contributed by atoms with Crippen molar-refractivity contribution < 1.29 is 14.6 Å². The average Bonchev–Trinajstić information content (AvgIpc) is 2.53. The molecule has 2 rings (SSSR count). The molecule has 2 aromatic carbocycles. The van der Waals surface area contributed by atoms with Crippen molar-refractivity contribution in [2.75, 3.05) is 6.61 Å². The first-order valence-electron chi connectivity index (χ1n) is 7.05. The monoisotopic (exact) mass is 319 g/mol. The highest BCUT2D eigenvalue weighted by Crippen LogP contribution is 2.24. The summed E-state index contributed by atoms with van der Waals surface area (Å²) in [6.07, 6.45) is 0.754. The third kappa shape index (κ3) is 4.40. The molecular formula is C17H18ClNO3. The first kappa shape index (κ1) is 16.2. The fraction of sp³-hybridized carbons (Fsp3) is 0.235. The summed E-state index contributed by atoms with van der Waals surface area (Å²) in [6.45, 7) is 1.84. The summed E-state index contributed by atoms with van der Waals surface area (Å²) in [7, 11) is 0. The van der Waals surface area contributed by atoms with Crippen LogP contribution in [0.3, 0.4) is 0 Å². The predicted molar refractivity (Wildman–Crippen MR) is 86.2 cm³/mol. The van der Waals surface area contributed by atoms with E-state index in [0.29, 0.717) is 5.02 Å². The van der Waals surface area contributed by atoms with Crippen LogP contribution in [-0.4, -0.2) is 17.6 Å². The molecule has 0 heterocycles. The quantitative estimate of drug-likeness (QED) is 0.853. The normalized spacial score (nSPS) is 11.7. The van der Waals surface area contributed by atoms with Gasteiger partial charge in [-0.15, -0.1) is 0 Å². The van der Waals surface area contributed by atoms with Gasteiger partial charge in [0, 0.05) is 5.02 Å². The molecule has 1 amide bonds. The molecule has 5 heteroatoms. The molecule has 0 bridgehead atoms. The zero-order chi connectivity index (χ0) is 15.9. The van der Waals surface area contributed by atoms with Crippen LogP contribution in [0.5, 0.6) is 11.5 Å². The van der Waals surface area contributed by atoms with Crippen molar-refractivity contribution in [2.45, 2.75) is 19.4 Å². The van der Waals surface area contributed by atoms with Crippen molar-refractivity contribution in [3.8, 4) is 11.5 Å². The molecule has 0 spiro atoms. The lowest BCUT2D eigenvalue weighted by molar-refractivity contribution is -0.123. The van der Waals surface area contributed by atoms with Gasteiger partial charge in [-0.3, -0.25) is 4.79 Å². The van der Waals surface area contributed by atoms with E-state index in [1.807, 2.05) is 19.1 Å². The zero-order valence-electron chi connectivity index (χ0n) is 12.3. The van der Waals surface area contributed by atoms with Gasteiger partial charge in [0.25, 0.3) is 5.91 Å². The Morgan fingerprint density at radius 2 is 1.91 bits per heavy atom. The fourth-order valence-electron chi connectivity index (χ4n) is 2.07. The van der Waals surface area contributed by atoms with Gasteiger partial charge >= 0.3 is 0 Å². The highest BCUT2D eigenvalue weighted by atomic mass is 35.5. The number of carbonyl (C=O) groups excluding carboxylic acids is 1. The van der Waals surface area contributed by atoms with Gasteiger partial charge in [-0.25, -0.2) is 0 Å². The van der Waals surface area contributed by atoms with E-state index in [4.69, 9.17) is 16.3 Å². The van der Waals surface area contributed by atoms with E-state index < -0.39 is 0 Å². The Labute approximate surface area is 134 Å². The summed E-state index contributed by atoms with van der Waals surface area (Å²) < 4.78 is 5.32. The Morgan fingerprint density at radius 3 is 2.55 bits per heavy atom. The van der Waals surface area contributed by atoms with Crippen LogP contribution in [0.1, 0.15) is 24.9 Å². The molecule has 2 aromatic rings. The van der Waals surface area contributed by atoms with Gasteiger partial charge in [0.15, 0.2) is 18.1 Å². The predicted octanol–water partition coefficient (Wildman–Crippen LogP) is 3.69. The molecular weight excluding hydrogens is 302 g/mol. The smallest absolute Gasteiger partial charge is 0.258 e. The van der Waals surface area contributed by atoms with E-state index in [1.54, 1.807) is 30.3 Å². The van der Waals surface area contributed by atoms with Crippen molar-refractivity contribution in [2.24, 2.45) is 0 Å². The van der Waals surface area contributed by atoms with Gasteiger partial charge in [-0.2, -0.15) is 0 Å². The van der Waals surface area contributed by atoms with Crippen LogP contribution in [0.4, 0.5) is 0 Å². The van der Waals surface area contributed by atoms with E-state index in [1.165, 1.54) is 6.07 Å². The number of carbonyl (C=O) groups is 1. The lowest BCUT2D eigenvalue weighted by Gasteiger charge is -2.18. The molecule has 116 valence electrons. The van der Waals surface area contributed by atoms with Crippen molar-refractivity contribution >= 4 is 17.5 Å². The summed E-state index contributed by atoms with van der Waals surface area (Å²) >= 11 is 5.87. The Kier molecular flexibility index (Phi) is 5.67. The van der Waals surface area contributed by atoms with Crippen molar-refractivity contribution in [1.29, 1.82) is 0 Å². The number of halogens is 1. The summed E-state index contributed by atoms with van der Waals surface area (Å²) in [5.74, 6) is 0.0577. The largest absolute Gasteiger partial charge is 0.504 e. The minimum Gasteiger partial charge on any atom is -0.504 e. The first-order chi connectivity index (χ1) is 10.6. The molecule has 2 N–H and O–H groups in total. The van der Waals surface area contributed by atoms with Crippen LogP contribution >= 0.6 is 11.6 Å². The molecule has 22 heavy (non-hydrogen) atoms. The second kappa shape index (κ2) is 7.71. The summed E-state index contributed by atoms with van der Waals surface area (Å²) in [5, 5.41) is 13.1. The maximum absolute atomic E-state index is 12.0. The Bertz CT molecular complexity index is 628. The zero-order valence-corrected chi connectivity index (χ0v) is 13.0. The number of phenolic OH excluding ortho intramolecular Hbond substituents is 1. The fourth-order valence-corrected chi connectivity index (χ4v) is 2.20. The summed E-state index contributed by atoms with van der Waals surface area (Å²) in [4.78, 5) is 12.0. The molecule has 4 nitrogen and oxygen atoms in total. The molecule has 0 aromatic heterocycles. The van der Waals surface area contributed by atoms with E-state index in [0.717, 1.165) is 12.0 Å². The Morgan fingerprint density at radius 1 is 1.23 bits per heavy atom. The molecule has 0 saturated carbocycles. The van der Waals surface area contributed by atoms with Crippen LogP contribution in [0, 0.1) is 0 Å². The number of aromatic hydroxyl groups is 1. The number of hydrogen-bond donors (Lipinski definition) is 2. The van der Waals surface area contributed by atoms with Crippen LogP contribution < -0.4 is 10.1 Å². The minimum atomic E-state index is -0.245. The lowest BCUT2D eigenvalue weighted by atomic mass is 10.0. The summed E-state index contributed by atoms with van der Waals surface area (Å²) in [6, 6.07) is 13.8. The number of hydrogen-bond acceptors (Lipinski definition) is 3. The van der Waals surface area contributed by atoms with Crippen molar-refractivity contribution in [3.05, 3.63) is 59.1 Å². The van der Waals surface area contributed by atoms with Crippen LogP contribution in [0.15, 0.2) is 48.5 Å². The van der Waals surface area contributed by atoms with Crippen LogP contribution in [0.25, 0.3) is 0 Å². The maximum atomic E-state index is 12.0. The standard InChI is InChI=1S/C17H18ClNO3/c1-2-14(12-7-9-13(18)10-8-12)19-17(21)11-22-16-6-4-3-5-15(16)20/h3-10,14,20H,2,11H2,1H3,(H,19,21). The molecule has 0 saturated heterocycles. The molecule has 1 unspecified atom stereocenters.